The first kappa shape index (κ1) is 9.46. The summed E-state index contributed by atoms with van der Waals surface area (Å²) in [6.07, 6.45) is 2.28. The third kappa shape index (κ3) is 1.73. The molecule has 2 rings (SSSR count). The smallest absolute Gasteiger partial charge is 0.103 e. The number of hydrogen-bond donors (Lipinski definition) is 0. The van der Waals surface area contributed by atoms with E-state index in [4.69, 9.17) is 0 Å². The van der Waals surface area contributed by atoms with E-state index >= 15 is 0 Å². The highest BCUT2D eigenvalue weighted by atomic mass is 32.1. The summed E-state index contributed by atoms with van der Waals surface area (Å²) in [7, 11) is 2.02. The van der Waals surface area contributed by atoms with Crippen molar-refractivity contribution in [1.29, 1.82) is 0 Å². The van der Waals surface area contributed by atoms with Crippen LogP contribution in [0.3, 0.4) is 0 Å². The molecule has 2 nitrogen and oxygen atoms in total. The van der Waals surface area contributed by atoms with E-state index in [1.165, 1.54) is 17.0 Å². The van der Waals surface area contributed by atoms with Gasteiger partial charge in [0.1, 0.15) is 5.69 Å². The van der Waals surface area contributed by atoms with Gasteiger partial charge in [0.15, 0.2) is 0 Å². The number of aryl methyl sites for hydroxylation is 2. The fourth-order valence-electron chi connectivity index (χ4n) is 1.54. The van der Waals surface area contributed by atoms with Crippen LogP contribution in [0, 0.1) is 0 Å². The second kappa shape index (κ2) is 3.96. The lowest BCUT2D eigenvalue weighted by atomic mass is 10.2. The summed E-state index contributed by atoms with van der Waals surface area (Å²) in [6, 6.07) is 6.37. The first-order valence-corrected chi connectivity index (χ1v) is 5.76. The van der Waals surface area contributed by atoms with Crippen LogP contribution in [-0.2, 0) is 13.5 Å². The Kier molecular flexibility index (Phi) is 2.68. The average Bonchev–Trinajstić information content (AvgIpc) is 2.76. The summed E-state index contributed by atoms with van der Waals surface area (Å²) in [5, 5.41) is 6.59. The van der Waals surface area contributed by atoms with Gasteiger partial charge in [-0.2, -0.15) is 5.10 Å². The Morgan fingerprint density at radius 3 is 3.00 bits per heavy atom. The monoisotopic (exact) mass is 206 g/mol. The highest BCUT2D eigenvalue weighted by molar-refractivity contribution is 7.13. The molecule has 0 saturated heterocycles. The van der Waals surface area contributed by atoms with Crippen molar-refractivity contribution < 1.29 is 0 Å². The van der Waals surface area contributed by atoms with E-state index in [-0.39, 0.29) is 0 Å². The van der Waals surface area contributed by atoms with Crippen LogP contribution in [0.5, 0.6) is 0 Å². The molecule has 3 heteroatoms. The molecule has 0 aliphatic carbocycles. The largest absolute Gasteiger partial charge is 0.272 e. The lowest BCUT2D eigenvalue weighted by Gasteiger charge is -1.95. The molecule has 0 fully saturated rings. The third-order valence-corrected chi connectivity index (χ3v) is 3.15. The molecule has 0 aliphatic rings. The van der Waals surface area contributed by atoms with Crippen molar-refractivity contribution in [3.8, 4) is 10.6 Å². The maximum atomic E-state index is 4.50. The molecule has 0 aliphatic heterocycles. The number of aromatic nitrogens is 2. The standard InChI is InChI=1S/C11H14N2S/c1-3-5-9-8-10(12-13(9)2)11-6-4-7-14-11/h4,6-8H,3,5H2,1-2H3. The van der Waals surface area contributed by atoms with Gasteiger partial charge in [-0.05, 0) is 23.9 Å². The van der Waals surface area contributed by atoms with Gasteiger partial charge in [0.05, 0.1) is 4.88 Å². The van der Waals surface area contributed by atoms with E-state index in [1.807, 2.05) is 11.7 Å². The summed E-state index contributed by atoms with van der Waals surface area (Å²) < 4.78 is 1.98. The van der Waals surface area contributed by atoms with Gasteiger partial charge in [-0.3, -0.25) is 4.68 Å². The molecule has 0 saturated carbocycles. The molecule has 0 aromatic carbocycles. The molecule has 14 heavy (non-hydrogen) atoms. The van der Waals surface area contributed by atoms with Crippen molar-refractivity contribution in [2.75, 3.05) is 0 Å². The van der Waals surface area contributed by atoms with Gasteiger partial charge < -0.3 is 0 Å². The van der Waals surface area contributed by atoms with Gasteiger partial charge in [0, 0.05) is 12.7 Å². The molecule has 2 aromatic rings. The van der Waals surface area contributed by atoms with Gasteiger partial charge in [-0.1, -0.05) is 19.4 Å². The van der Waals surface area contributed by atoms with Crippen LogP contribution < -0.4 is 0 Å². The Labute approximate surface area is 88.2 Å². The quantitative estimate of drug-likeness (QED) is 0.754. The molecule has 0 unspecified atom stereocenters. The molecule has 0 amide bonds. The van der Waals surface area contributed by atoms with Crippen molar-refractivity contribution in [3.63, 3.8) is 0 Å². The Hall–Kier alpha value is -1.09. The predicted molar refractivity (Wildman–Crippen MR) is 60.5 cm³/mol. The van der Waals surface area contributed by atoms with Crippen molar-refractivity contribution in [1.82, 2.24) is 9.78 Å². The maximum Gasteiger partial charge on any atom is 0.103 e. The molecular formula is C11H14N2S. The Morgan fingerprint density at radius 1 is 1.50 bits per heavy atom. The van der Waals surface area contributed by atoms with Crippen LogP contribution in [0.1, 0.15) is 19.0 Å². The van der Waals surface area contributed by atoms with E-state index in [2.05, 4.69) is 35.6 Å². The highest BCUT2D eigenvalue weighted by Crippen LogP contribution is 2.24. The summed E-state index contributed by atoms with van der Waals surface area (Å²) >= 11 is 1.74. The SMILES string of the molecule is CCCc1cc(-c2cccs2)nn1C. The molecular weight excluding hydrogens is 192 g/mol. The predicted octanol–water partition coefficient (Wildman–Crippen LogP) is 3.10. The molecule has 0 spiro atoms. The second-order valence-corrected chi connectivity index (χ2v) is 4.32. The fraction of sp³-hybridized carbons (Fsp3) is 0.364. The molecule has 0 radical (unpaired) electrons. The van der Waals surface area contributed by atoms with Gasteiger partial charge in [0.2, 0.25) is 0 Å². The summed E-state index contributed by atoms with van der Waals surface area (Å²) in [4.78, 5) is 1.25. The minimum absolute atomic E-state index is 1.10. The minimum atomic E-state index is 1.10. The van der Waals surface area contributed by atoms with E-state index < -0.39 is 0 Å². The Bertz CT molecular complexity index is 401. The van der Waals surface area contributed by atoms with Gasteiger partial charge in [-0.25, -0.2) is 0 Å². The zero-order chi connectivity index (χ0) is 9.97. The number of hydrogen-bond acceptors (Lipinski definition) is 2. The van der Waals surface area contributed by atoms with Crippen LogP contribution >= 0.6 is 11.3 Å². The summed E-state index contributed by atoms with van der Waals surface area (Å²) in [6.45, 7) is 2.19. The molecule has 0 bridgehead atoms. The van der Waals surface area contributed by atoms with Gasteiger partial charge >= 0.3 is 0 Å². The zero-order valence-corrected chi connectivity index (χ0v) is 9.34. The normalized spacial score (nSPS) is 10.7. The third-order valence-electron chi connectivity index (χ3n) is 2.26. The molecule has 2 heterocycles. The Morgan fingerprint density at radius 2 is 2.36 bits per heavy atom. The number of thiophene rings is 1. The summed E-state index contributed by atoms with van der Waals surface area (Å²) in [5.41, 5.74) is 2.42. The second-order valence-electron chi connectivity index (χ2n) is 3.37. The zero-order valence-electron chi connectivity index (χ0n) is 8.53. The van der Waals surface area contributed by atoms with Crippen molar-refractivity contribution in [3.05, 3.63) is 29.3 Å². The van der Waals surface area contributed by atoms with Crippen LogP contribution in [0.4, 0.5) is 0 Å². The molecule has 74 valence electrons. The number of rotatable bonds is 3. The lowest BCUT2D eigenvalue weighted by Crippen LogP contribution is -1.96. The van der Waals surface area contributed by atoms with Crippen LogP contribution in [0.25, 0.3) is 10.6 Å². The van der Waals surface area contributed by atoms with E-state index in [0.29, 0.717) is 0 Å². The van der Waals surface area contributed by atoms with E-state index in [0.717, 1.165) is 12.1 Å². The first-order valence-electron chi connectivity index (χ1n) is 4.88. The number of nitrogens with zero attached hydrogens (tertiary/aromatic N) is 2. The van der Waals surface area contributed by atoms with Crippen molar-refractivity contribution in [2.24, 2.45) is 7.05 Å². The topological polar surface area (TPSA) is 17.8 Å². The fourth-order valence-corrected chi connectivity index (χ4v) is 2.22. The minimum Gasteiger partial charge on any atom is -0.272 e. The molecule has 0 atom stereocenters. The van der Waals surface area contributed by atoms with Crippen molar-refractivity contribution >= 4 is 11.3 Å². The van der Waals surface area contributed by atoms with E-state index in [9.17, 15) is 0 Å². The van der Waals surface area contributed by atoms with Crippen LogP contribution in [0.15, 0.2) is 23.6 Å². The van der Waals surface area contributed by atoms with Crippen molar-refractivity contribution in [2.45, 2.75) is 19.8 Å². The Balaban J connectivity index is 2.33. The van der Waals surface area contributed by atoms with Crippen LogP contribution in [-0.4, -0.2) is 9.78 Å². The van der Waals surface area contributed by atoms with Crippen LogP contribution in [0.2, 0.25) is 0 Å². The van der Waals surface area contributed by atoms with Gasteiger partial charge in [0.25, 0.3) is 0 Å². The van der Waals surface area contributed by atoms with E-state index in [1.54, 1.807) is 11.3 Å². The highest BCUT2D eigenvalue weighted by Gasteiger charge is 2.06. The summed E-state index contributed by atoms with van der Waals surface area (Å²) in [5.74, 6) is 0. The maximum absolute atomic E-state index is 4.50. The lowest BCUT2D eigenvalue weighted by molar-refractivity contribution is 0.700. The molecule has 0 N–H and O–H groups in total. The molecule has 2 aromatic heterocycles. The van der Waals surface area contributed by atoms with Gasteiger partial charge in [-0.15, -0.1) is 11.3 Å². The average molecular weight is 206 g/mol. The first-order chi connectivity index (χ1) is 6.81.